The van der Waals surface area contributed by atoms with E-state index in [1.165, 1.54) is 17.1 Å². The van der Waals surface area contributed by atoms with E-state index in [2.05, 4.69) is 20.4 Å². The quantitative estimate of drug-likeness (QED) is 0.0939. The SMILES string of the molecule is NC(=O)C1CC2=CN=C[N+]2(CC2=C(C(=O)O)N3C(=O)[C@@H](NC(=O)/C(=N\O)c4csc(N)n4)[C@H]3SC2)C1. The van der Waals surface area contributed by atoms with E-state index >= 15 is 0 Å². The van der Waals surface area contributed by atoms with Crippen LogP contribution in [0.5, 0.6) is 0 Å². The minimum absolute atomic E-state index is 0.0516. The van der Waals surface area contributed by atoms with E-state index in [0.717, 1.165) is 21.9 Å². The van der Waals surface area contributed by atoms with Crippen LogP contribution in [0.15, 0.2) is 38.7 Å². The van der Waals surface area contributed by atoms with Crippen molar-refractivity contribution >= 4 is 64.0 Å². The number of hydrogen-bond acceptors (Lipinski definition) is 11. The number of amides is 3. The first kappa shape index (κ1) is 24.0. The number of nitrogens with one attached hydrogen (secondary N) is 1. The largest absolute Gasteiger partial charge is 0.477 e. The Bertz CT molecular complexity index is 1320. The summed E-state index contributed by atoms with van der Waals surface area (Å²) in [6.45, 7) is 0.597. The van der Waals surface area contributed by atoms with E-state index in [1.807, 2.05) is 0 Å². The summed E-state index contributed by atoms with van der Waals surface area (Å²) in [5.41, 5.74) is 11.9. The maximum Gasteiger partial charge on any atom is 0.352 e. The lowest BCUT2D eigenvalue weighted by atomic mass is 10.0. The van der Waals surface area contributed by atoms with Gasteiger partial charge in [-0.2, -0.15) is 0 Å². The number of carbonyl (C=O) groups is 4. The predicted molar refractivity (Wildman–Crippen MR) is 128 cm³/mol. The number of aromatic nitrogens is 1. The summed E-state index contributed by atoms with van der Waals surface area (Å²) in [4.78, 5) is 59.0. The van der Waals surface area contributed by atoms with Gasteiger partial charge in [0, 0.05) is 23.1 Å². The van der Waals surface area contributed by atoms with E-state index in [1.54, 1.807) is 12.5 Å². The lowest BCUT2D eigenvalue weighted by Gasteiger charge is -2.49. The number of thiazole rings is 1. The van der Waals surface area contributed by atoms with Crippen LogP contribution in [-0.4, -0.2) is 90.7 Å². The van der Waals surface area contributed by atoms with Gasteiger partial charge >= 0.3 is 5.97 Å². The molecule has 2 saturated heterocycles. The number of aliphatic imine (C=N–C) groups is 1. The Morgan fingerprint density at radius 2 is 2.14 bits per heavy atom. The number of nitrogen functional groups attached to an aromatic ring is 1. The fourth-order valence-electron chi connectivity index (χ4n) is 4.91. The van der Waals surface area contributed by atoms with Crippen molar-refractivity contribution in [1.82, 2.24) is 15.2 Å². The number of carbonyl (C=O) groups excluding carboxylic acids is 3. The van der Waals surface area contributed by atoms with Crippen LogP contribution in [0.4, 0.5) is 5.13 Å². The topological polar surface area (TPSA) is 214 Å². The number of hydrogen-bond donors (Lipinski definition) is 5. The number of oxime groups is 1. The van der Waals surface area contributed by atoms with Crippen LogP contribution in [0.2, 0.25) is 0 Å². The van der Waals surface area contributed by atoms with Gasteiger partial charge in [-0.05, 0) is 0 Å². The van der Waals surface area contributed by atoms with Crippen molar-refractivity contribution < 1.29 is 34.0 Å². The highest BCUT2D eigenvalue weighted by Gasteiger charge is 2.56. The van der Waals surface area contributed by atoms with E-state index in [4.69, 9.17) is 11.5 Å². The van der Waals surface area contributed by atoms with Crippen molar-refractivity contribution in [2.24, 2.45) is 21.8 Å². The third kappa shape index (κ3) is 3.73. The van der Waals surface area contributed by atoms with Crippen molar-refractivity contribution in [2.75, 3.05) is 24.6 Å². The molecular weight excluding hydrogens is 512 g/mol. The number of β-lactam (4-membered cyclic amide) rings is 1. The molecule has 1 aromatic heterocycles. The van der Waals surface area contributed by atoms with Gasteiger partial charge in [-0.15, -0.1) is 23.1 Å². The third-order valence-corrected chi connectivity index (χ3v) is 8.59. The molecule has 14 nitrogen and oxygen atoms in total. The number of carboxylic acids is 1. The number of nitrogens with zero attached hydrogens (tertiary/aromatic N) is 5. The smallest absolute Gasteiger partial charge is 0.352 e. The molecule has 0 spiro atoms. The first-order chi connectivity index (χ1) is 17.1. The molecule has 3 amide bonds. The zero-order chi connectivity index (χ0) is 25.8. The van der Waals surface area contributed by atoms with Crippen molar-refractivity contribution in [3.63, 3.8) is 0 Å². The number of aliphatic carboxylic acids is 1. The molecule has 2 fully saturated rings. The van der Waals surface area contributed by atoms with Crippen LogP contribution in [0.25, 0.3) is 0 Å². The number of allylic oxidation sites excluding steroid dienone is 1. The van der Waals surface area contributed by atoms with Gasteiger partial charge in [-0.3, -0.25) is 19.3 Å². The summed E-state index contributed by atoms with van der Waals surface area (Å²) in [5.74, 6) is -3.24. The van der Waals surface area contributed by atoms with Gasteiger partial charge in [0.2, 0.25) is 5.91 Å². The van der Waals surface area contributed by atoms with E-state index < -0.39 is 40.8 Å². The highest BCUT2D eigenvalue weighted by atomic mass is 32.2. The molecule has 0 aromatic carbocycles. The molecule has 4 aliphatic heterocycles. The molecule has 4 aliphatic rings. The Morgan fingerprint density at radius 3 is 2.78 bits per heavy atom. The second-order valence-corrected chi connectivity index (χ2v) is 10.7. The standard InChI is InChI=1S/C20H20N8O6S2/c21-15(29)8-1-10-2-23-7-28(10,3-8)4-9-5-35-18-13(17(31)27(18)14(9)19(32)33)25-16(30)12(26-34)11-6-36-20(22)24-11/h2,6-8,13,18H,1,3-5H2,(H6-,21,22,24,25,29,30,32,33,34)/p+1/t8?,13-,18-,28?/m1/s1. The molecule has 7 N–H and O–H groups in total. The molecule has 5 heterocycles. The first-order valence-electron chi connectivity index (χ1n) is 10.7. The van der Waals surface area contributed by atoms with Crippen LogP contribution in [0.1, 0.15) is 12.1 Å². The van der Waals surface area contributed by atoms with Crippen LogP contribution < -0.4 is 16.8 Å². The third-order valence-electron chi connectivity index (χ3n) is 6.58. The van der Waals surface area contributed by atoms with Gasteiger partial charge in [0.15, 0.2) is 17.2 Å². The Hall–Kier alpha value is -3.76. The minimum Gasteiger partial charge on any atom is -0.477 e. The molecule has 0 radical (unpaired) electrons. The maximum absolute atomic E-state index is 13.0. The number of anilines is 1. The second-order valence-electron chi connectivity index (χ2n) is 8.70. The normalized spacial score (nSPS) is 28.9. The van der Waals surface area contributed by atoms with E-state index in [0.29, 0.717) is 18.5 Å². The summed E-state index contributed by atoms with van der Waals surface area (Å²) in [7, 11) is 0. The number of quaternary nitrogens is 1. The van der Waals surface area contributed by atoms with Gasteiger partial charge in [0.05, 0.1) is 12.1 Å². The molecule has 36 heavy (non-hydrogen) atoms. The lowest BCUT2D eigenvalue weighted by Crippen LogP contribution is -2.71. The minimum atomic E-state index is -1.27. The fourth-order valence-corrected chi connectivity index (χ4v) is 6.79. The van der Waals surface area contributed by atoms with Crippen LogP contribution >= 0.6 is 23.1 Å². The summed E-state index contributed by atoms with van der Waals surface area (Å²) in [6.07, 6.45) is 3.78. The number of primary amides is 1. The number of thioether (sulfide) groups is 1. The molecule has 4 atom stereocenters. The highest BCUT2D eigenvalue weighted by Crippen LogP contribution is 2.43. The molecule has 16 heteroatoms. The average molecular weight is 534 g/mol. The van der Waals surface area contributed by atoms with E-state index in [9.17, 15) is 29.5 Å². The van der Waals surface area contributed by atoms with Crippen molar-refractivity contribution in [1.29, 1.82) is 0 Å². The number of nitrogens with two attached hydrogens (primary N) is 2. The molecule has 0 saturated carbocycles. The Labute approximate surface area is 211 Å². The average Bonchev–Trinajstić information content (AvgIpc) is 3.51. The maximum atomic E-state index is 13.0. The van der Waals surface area contributed by atoms with Crippen molar-refractivity contribution in [2.45, 2.75) is 17.8 Å². The highest BCUT2D eigenvalue weighted by molar-refractivity contribution is 8.00. The predicted octanol–water partition coefficient (Wildman–Crippen LogP) is -1.15. The van der Waals surface area contributed by atoms with Gasteiger partial charge in [-0.1, -0.05) is 5.16 Å². The summed E-state index contributed by atoms with van der Waals surface area (Å²) in [6, 6.07) is -1.02. The lowest BCUT2D eigenvalue weighted by molar-refractivity contribution is -0.778. The summed E-state index contributed by atoms with van der Waals surface area (Å²) < 4.78 is 0.195. The van der Waals surface area contributed by atoms with Gasteiger partial charge in [0.1, 0.15) is 41.6 Å². The van der Waals surface area contributed by atoms with Gasteiger partial charge < -0.3 is 27.1 Å². The molecule has 188 valence electrons. The van der Waals surface area contributed by atoms with Gasteiger partial charge in [-0.25, -0.2) is 19.3 Å². The summed E-state index contributed by atoms with van der Waals surface area (Å²) in [5, 5.41) is 25.7. The van der Waals surface area contributed by atoms with Crippen molar-refractivity contribution in [3.8, 4) is 0 Å². The summed E-state index contributed by atoms with van der Waals surface area (Å²) >= 11 is 2.36. The zero-order valence-electron chi connectivity index (χ0n) is 18.5. The molecule has 5 rings (SSSR count). The molecule has 0 aliphatic carbocycles. The van der Waals surface area contributed by atoms with Crippen LogP contribution in [-0.2, 0) is 19.2 Å². The molecule has 2 unspecified atom stereocenters. The molecular formula is C20H21N8O6S2+. The first-order valence-corrected chi connectivity index (χ1v) is 12.6. The zero-order valence-corrected chi connectivity index (χ0v) is 20.2. The van der Waals surface area contributed by atoms with Crippen LogP contribution in [0, 0.1) is 5.92 Å². The Morgan fingerprint density at radius 1 is 1.36 bits per heavy atom. The Kier molecular flexibility index (Phi) is 5.80. The molecule has 0 bridgehead atoms. The Balaban J connectivity index is 1.36. The van der Waals surface area contributed by atoms with Crippen molar-refractivity contribution in [3.05, 3.63) is 34.2 Å². The monoisotopic (exact) mass is 533 g/mol. The van der Waals surface area contributed by atoms with Gasteiger partial charge in [0.25, 0.3) is 11.8 Å². The van der Waals surface area contributed by atoms with E-state index in [-0.39, 0.29) is 39.2 Å². The number of fused-ring (bicyclic) bond motifs is 2. The number of carboxylic acid groups (broad SMARTS) is 1. The van der Waals surface area contributed by atoms with Crippen LogP contribution in [0.3, 0.4) is 0 Å². The fraction of sp³-hybridized carbons (Fsp3) is 0.350. The second kappa shape index (κ2) is 8.72. The number of rotatable bonds is 7. The molecule has 1 aromatic rings.